The minimum atomic E-state index is 0.826. The van der Waals surface area contributed by atoms with Crippen molar-refractivity contribution in [3.05, 3.63) is 18.0 Å². The van der Waals surface area contributed by atoms with Gasteiger partial charge in [0.15, 0.2) is 0 Å². The van der Waals surface area contributed by atoms with Crippen LogP contribution in [0, 0.1) is 0 Å². The predicted molar refractivity (Wildman–Crippen MR) is 60.4 cm³/mol. The Hall–Kier alpha value is -0.480. The zero-order valence-corrected chi connectivity index (χ0v) is 9.15. The summed E-state index contributed by atoms with van der Waals surface area (Å²) in [6.45, 7) is 2.04. The zero-order chi connectivity index (χ0) is 9.64. The summed E-state index contributed by atoms with van der Waals surface area (Å²) in [5.41, 5.74) is 1.17. The molecular formula is C10H17N3S. The van der Waals surface area contributed by atoms with E-state index >= 15 is 0 Å². The van der Waals surface area contributed by atoms with E-state index in [1.54, 1.807) is 6.20 Å². The van der Waals surface area contributed by atoms with Gasteiger partial charge in [-0.25, -0.2) is 0 Å². The fourth-order valence-corrected chi connectivity index (χ4v) is 2.99. The van der Waals surface area contributed by atoms with Crippen molar-refractivity contribution in [2.24, 2.45) is 0 Å². The molecular weight excluding hydrogens is 194 g/mol. The largest absolute Gasteiger partial charge is 0.310 e. The predicted octanol–water partition coefficient (Wildman–Crippen LogP) is 1.78. The second-order valence-electron chi connectivity index (χ2n) is 3.70. The van der Waals surface area contributed by atoms with Gasteiger partial charge in [0.05, 0.1) is 0 Å². The second-order valence-corrected chi connectivity index (χ2v) is 5.11. The van der Waals surface area contributed by atoms with Crippen molar-refractivity contribution in [1.29, 1.82) is 0 Å². The van der Waals surface area contributed by atoms with E-state index in [0.29, 0.717) is 0 Å². The molecule has 0 saturated carbocycles. The Bertz CT molecular complexity index is 242. The average Bonchev–Trinajstić information content (AvgIpc) is 2.72. The van der Waals surface area contributed by atoms with Crippen molar-refractivity contribution < 1.29 is 0 Å². The molecule has 2 N–H and O–H groups in total. The van der Waals surface area contributed by atoms with E-state index in [-0.39, 0.29) is 0 Å². The Labute approximate surface area is 89.1 Å². The lowest BCUT2D eigenvalue weighted by atomic mass is 10.2. The van der Waals surface area contributed by atoms with Crippen molar-refractivity contribution in [3.8, 4) is 0 Å². The Kier molecular flexibility index (Phi) is 3.89. The Morgan fingerprint density at radius 3 is 3.29 bits per heavy atom. The minimum Gasteiger partial charge on any atom is -0.310 e. The quantitative estimate of drug-likeness (QED) is 0.797. The summed E-state index contributed by atoms with van der Waals surface area (Å²) in [5, 5.41) is 11.2. The highest BCUT2D eigenvalue weighted by molar-refractivity contribution is 7.99. The molecule has 1 fully saturated rings. The Balaban J connectivity index is 1.62. The summed E-state index contributed by atoms with van der Waals surface area (Å²) < 4.78 is 0. The molecule has 1 unspecified atom stereocenters. The molecule has 78 valence electrons. The third-order valence-corrected chi connectivity index (χ3v) is 3.92. The summed E-state index contributed by atoms with van der Waals surface area (Å²) in [7, 11) is 0. The molecule has 1 aromatic rings. The van der Waals surface area contributed by atoms with E-state index in [2.05, 4.69) is 27.3 Å². The van der Waals surface area contributed by atoms with Gasteiger partial charge in [0.2, 0.25) is 0 Å². The number of rotatable bonds is 4. The van der Waals surface area contributed by atoms with Crippen LogP contribution in [0.1, 0.15) is 25.0 Å². The van der Waals surface area contributed by atoms with Crippen LogP contribution in [0.2, 0.25) is 0 Å². The van der Waals surface area contributed by atoms with Crippen LogP contribution in [0.5, 0.6) is 0 Å². The van der Waals surface area contributed by atoms with Gasteiger partial charge in [0.1, 0.15) is 0 Å². The summed E-state index contributed by atoms with van der Waals surface area (Å²) >= 11 is 2.11. The van der Waals surface area contributed by atoms with Gasteiger partial charge in [-0.1, -0.05) is 6.42 Å². The third kappa shape index (κ3) is 3.03. The van der Waals surface area contributed by atoms with Crippen LogP contribution in [0.4, 0.5) is 0 Å². The molecule has 0 aliphatic carbocycles. The van der Waals surface area contributed by atoms with Crippen molar-refractivity contribution in [2.75, 3.05) is 12.3 Å². The van der Waals surface area contributed by atoms with Gasteiger partial charge in [-0.05, 0) is 24.7 Å². The number of thioether (sulfide) groups is 1. The van der Waals surface area contributed by atoms with Crippen LogP contribution in [0.25, 0.3) is 0 Å². The molecule has 0 aromatic carbocycles. The topological polar surface area (TPSA) is 40.7 Å². The summed E-state index contributed by atoms with van der Waals surface area (Å²) in [6.07, 6.45) is 5.98. The lowest BCUT2D eigenvalue weighted by Gasteiger charge is -2.21. The minimum absolute atomic E-state index is 0.826. The van der Waals surface area contributed by atoms with Crippen molar-refractivity contribution in [1.82, 2.24) is 15.5 Å². The van der Waals surface area contributed by atoms with Gasteiger partial charge in [-0.2, -0.15) is 16.9 Å². The maximum Gasteiger partial charge on any atom is 0.0490 e. The maximum absolute atomic E-state index is 3.92. The monoisotopic (exact) mass is 211 g/mol. The van der Waals surface area contributed by atoms with Crippen molar-refractivity contribution in [3.63, 3.8) is 0 Å². The van der Waals surface area contributed by atoms with Gasteiger partial charge < -0.3 is 5.32 Å². The van der Waals surface area contributed by atoms with Crippen LogP contribution < -0.4 is 5.32 Å². The lowest BCUT2D eigenvalue weighted by molar-refractivity contribution is 0.593. The fourth-order valence-electron chi connectivity index (χ4n) is 1.72. The van der Waals surface area contributed by atoms with E-state index in [0.717, 1.165) is 18.3 Å². The molecule has 4 heteroatoms. The zero-order valence-electron chi connectivity index (χ0n) is 8.33. The highest BCUT2D eigenvalue weighted by Crippen LogP contribution is 2.24. The molecule has 1 aliphatic heterocycles. The lowest BCUT2D eigenvalue weighted by Crippen LogP contribution is -2.26. The number of hydrogen-bond donors (Lipinski definition) is 2. The number of aromatic amines is 1. The number of nitrogens with zero attached hydrogens (tertiary/aromatic N) is 1. The van der Waals surface area contributed by atoms with Gasteiger partial charge >= 0.3 is 0 Å². The number of H-pyrrole nitrogens is 1. The molecule has 14 heavy (non-hydrogen) atoms. The van der Waals surface area contributed by atoms with Crippen LogP contribution >= 0.6 is 11.8 Å². The van der Waals surface area contributed by atoms with Crippen LogP contribution in [0.3, 0.4) is 0 Å². The normalized spacial score (nSPS) is 22.4. The first kappa shape index (κ1) is 10.1. The van der Waals surface area contributed by atoms with Crippen molar-refractivity contribution in [2.45, 2.75) is 31.1 Å². The van der Waals surface area contributed by atoms with E-state index in [4.69, 9.17) is 0 Å². The SMILES string of the molecule is c1cc(CNCC2CCCCS2)[nH]n1. The van der Waals surface area contributed by atoms with Gasteiger partial charge in [-0.3, -0.25) is 5.10 Å². The standard InChI is InChI=1S/C10H17N3S/c1-2-6-14-10(3-1)8-11-7-9-4-5-12-13-9/h4-5,10-11H,1-3,6-8H2,(H,12,13). The third-order valence-electron chi connectivity index (χ3n) is 2.52. The summed E-state index contributed by atoms with van der Waals surface area (Å²) in [6, 6.07) is 2.01. The first-order valence-electron chi connectivity index (χ1n) is 5.26. The molecule has 1 aliphatic rings. The number of nitrogens with one attached hydrogen (secondary N) is 2. The first-order chi connectivity index (χ1) is 6.95. The summed E-state index contributed by atoms with van der Waals surface area (Å²) in [4.78, 5) is 0. The van der Waals surface area contributed by atoms with E-state index in [1.165, 1.54) is 30.7 Å². The van der Waals surface area contributed by atoms with Crippen LogP contribution in [-0.4, -0.2) is 27.7 Å². The molecule has 0 spiro atoms. The van der Waals surface area contributed by atoms with E-state index in [9.17, 15) is 0 Å². The molecule has 0 radical (unpaired) electrons. The first-order valence-corrected chi connectivity index (χ1v) is 6.30. The molecule has 1 aromatic heterocycles. The molecule has 2 heterocycles. The van der Waals surface area contributed by atoms with Crippen LogP contribution in [0.15, 0.2) is 12.3 Å². The number of hydrogen-bond acceptors (Lipinski definition) is 3. The van der Waals surface area contributed by atoms with Gasteiger partial charge in [-0.15, -0.1) is 0 Å². The van der Waals surface area contributed by atoms with Crippen LogP contribution in [-0.2, 0) is 6.54 Å². The van der Waals surface area contributed by atoms with Gasteiger partial charge in [0.25, 0.3) is 0 Å². The van der Waals surface area contributed by atoms with E-state index < -0.39 is 0 Å². The molecule has 1 atom stereocenters. The van der Waals surface area contributed by atoms with E-state index in [1.807, 2.05) is 6.07 Å². The number of aromatic nitrogens is 2. The van der Waals surface area contributed by atoms with Gasteiger partial charge in [0, 0.05) is 30.2 Å². The maximum atomic E-state index is 3.92. The second kappa shape index (κ2) is 5.41. The summed E-state index contributed by atoms with van der Waals surface area (Å²) in [5.74, 6) is 1.34. The smallest absolute Gasteiger partial charge is 0.0490 e. The molecule has 3 nitrogen and oxygen atoms in total. The van der Waals surface area contributed by atoms with Crippen molar-refractivity contribution >= 4 is 11.8 Å². The highest BCUT2D eigenvalue weighted by Gasteiger charge is 2.12. The molecule has 1 saturated heterocycles. The fraction of sp³-hybridized carbons (Fsp3) is 0.700. The molecule has 2 rings (SSSR count). The molecule has 0 bridgehead atoms. The average molecular weight is 211 g/mol. The Morgan fingerprint density at radius 1 is 1.57 bits per heavy atom. The highest BCUT2D eigenvalue weighted by atomic mass is 32.2. The Morgan fingerprint density at radius 2 is 2.57 bits per heavy atom. The molecule has 0 amide bonds.